The Morgan fingerprint density at radius 3 is 2.47 bits per heavy atom. The monoisotopic (exact) mass is 206 g/mol. The van der Waals surface area contributed by atoms with Gasteiger partial charge in [-0.15, -0.1) is 0 Å². The van der Waals surface area contributed by atoms with Crippen LogP contribution in [0.15, 0.2) is 30.3 Å². The molecule has 1 aromatic carbocycles. The van der Waals surface area contributed by atoms with Crippen molar-refractivity contribution in [3.05, 3.63) is 35.9 Å². The van der Waals surface area contributed by atoms with Crippen LogP contribution in [-0.4, -0.2) is 18.5 Å². The number of amides is 1. The first-order valence-electron chi connectivity index (χ1n) is 5.18. The van der Waals surface area contributed by atoms with E-state index in [1.165, 1.54) is 5.56 Å². The van der Waals surface area contributed by atoms with E-state index in [0.717, 1.165) is 0 Å². The Hall–Kier alpha value is -1.35. The van der Waals surface area contributed by atoms with Crippen molar-refractivity contribution in [1.82, 2.24) is 5.32 Å². The van der Waals surface area contributed by atoms with Crippen molar-refractivity contribution in [2.45, 2.75) is 25.8 Å². The Labute approximate surface area is 90.7 Å². The Balaban J connectivity index is 2.53. The standard InChI is InChI=1S/C12H18N2O/c1-9(10(2)14-8-12(13)15)11-6-4-3-5-7-11/h3-7,9-10,14H,8H2,1-2H3,(H2,13,15)/t9-,10+/m0/s1. The quantitative estimate of drug-likeness (QED) is 0.762. The average molecular weight is 206 g/mol. The maximum Gasteiger partial charge on any atom is 0.231 e. The second-order valence-electron chi connectivity index (χ2n) is 3.84. The number of hydrogen-bond donors (Lipinski definition) is 2. The molecule has 3 nitrogen and oxygen atoms in total. The predicted molar refractivity (Wildman–Crippen MR) is 61.5 cm³/mol. The highest BCUT2D eigenvalue weighted by molar-refractivity contribution is 5.75. The zero-order valence-electron chi connectivity index (χ0n) is 9.23. The molecule has 1 rings (SSSR count). The molecule has 0 saturated carbocycles. The largest absolute Gasteiger partial charge is 0.369 e. The molecule has 82 valence electrons. The molecule has 0 aliphatic rings. The van der Waals surface area contributed by atoms with E-state index < -0.39 is 0 Å². The molecule has 3 heteroatoms. The van der Waals surface area contributed by atoms with Crippen molar-refractivity contribution in [2.75, 3.05) is 6.54 Å². The molecule has 0 heterocycles. The molecule has 15 heavy (non-hydrogen) atoms. The zero-order valence-corrected chi connectivity index (χ0v) is 9.23. The lowest BCUT2D eigenvalue weighted by Gasteiger charge is -2.21. The van der Waals surface area contributed by atoms with Crippen LogP contribution in [-0.2, 0) is 4.79 Å². The van der Waals surface area contributed by atoms with E-state index in [0.29, 0.717) is 5.92 Å². The molecule has 0 fully saturated rings. The number of carbonyl (C=O) groups is 1. The molecule has 3 N–H and O–H groups in total. The van der Waals surface area contributed by atoms with Gasteiger partial charge in [-0.3, -0.25) is 4.79 Å². The SMILES string of the molecule is C[C@H](c1ccccc1)[C@@H](C)NCC(N)=O. The summed E-state index contributed by atoms with van der Waals surface area (Å²) in [7, 11) is 0. The minimum Gasteiger partial charge on any atom is -0.369 e. The molecule has 0 saturated heterocycles. The first-order valence-corrected chi connectivity index (χ1v) is 5.18. The summed E-state index contributed by atoms with van der Waals surface area (Å²) >= 11 is 0. The Morgan fingerprint density at radius 2 is 1.93 bits per heavy atom. The first-order chi connectivity index (χ1) is 7.11. The minimum absolute atomic E-state index is 0.234. The van der Waals surface area contributed by atoms with Crippen molar-refractivity contribution in [2.24, 2.45) is 5.73 Å². The van der Waals surface area contributed by atoms with E-state index >= 15 is 0 Å². The molecular formula is C12H18N2O. The molecule has 0 bridgehead atoms. The van der Waals surface area contributed by atoms with Crippen LogP contribution in [0.5, 0.6) is 0 Å². The van der Waals surface area contributed by atoms with Crippen molar-refractivity contribution >= 4 is 5.91 Å². The summed E-state index contributed by atoms with van der Waals surface area (Å²) in [6.45, 7) is 4.42. The van der Waals surface area contributed by atoms with Gasteiger partial charge in [0.2, 0.25) is 5.91 Å². The lowest BCUT2D eigenvalue weighted by Crippen LogP contribution is -2.37. The average Bonchev–Trinajstić information content (AvgIpc) is 2.26. The second-order valence-corrected chi connectivity index (χ2v) is 3.84. The fourth-order valence-corrected chi connectivity index (χ4v) is 1.48. The molecule has 0 aliphatic heterocycles. The van der Waals surface area contributed by atoms with Gasteiger partial charge in [0.15, 0.2) is 0 Å². The topological polar surface area (TPSA) is 55.1 Å². The third kappa shape index (κ3) is 3.72. The summed E-state index contributed by atoms with van der Waals surface area (Å²) in [6.07, 6.45) is 0. The first kappa shape index (κ1) is 11.7. The second kappa shape index (κ2) is 5.51. The van der Waals surface area contributed by atoms with E-state index in [9.17, 15) is 4.79 Å². The number of rotatable bonds is 5. The van der Waals surface area contributed by atoms with Crippen LogP contribution in [0.1, 0.15) is 25.3 Å². The number of nitrogens with one attached hydrogen (secondary N) is 1. The maximum atomic E-state index is 10.6. The summed E-state index contributed by atoms with van der Waals surface area (Å²) in [4.78, 5) is 10.6. The number of carbonyl (C=O) groups excluding carboxylic acids is 1. The maximum absolute atomic E-state index is 10.6. The summed E-state index contributed by atoms with van der Waals surface area (Å²) in [5.41, 5.74) is 6.34. The van der Waals surface area contributed by atoms with E-state index in [1.807, 2.05) is 18.2 Å². The molecule has 0 aliphatic carbocycles. The van der Waals surface area contributed by atoms with Crippen molar-refractivity contribution in [1.29, 1.82) is 0 Å². The Kier molecular flexibility index (Phi) is 4.31. The van der Waals surface area contributed by atoms with Gasteiger partial charge in [-0.1, -0.05) is 37.3 Å². The smallest absolute Gasteiger partial charge is 0.231 e. The Bertz CT molecular complexity index is 311. The van der Waals surface area contributed by atoms with Gasteiger partial charge in [0.1, 0.15) is 0 Å². The third-order valence-electron chi connectivity index (χ3n) is 2.67. The van der Waals surface area contributed by atoms with Crippen LogP contribution in [0.4, 0.5) is 0 Å². The number of hydrogen-bond acceptors (Lipinski definition) is 2. The fourth-order valence-electron chi connectivity index (χ4n) is 1.48. The number of benzene rings is 1. The van der Waals surface area contributed by atoms with Crippen molar-refractivity contribution < 1.29 is 4.79 Å². The molecule has 1 aromatic rings. The zero-order chi connectivity index (χ0) is 11.3. The normalized spacial score (nSPS) is 14.5. The highest BCUT2D eigenvalue weighted by Crippen LogP contribution is 2.18. The van der Waals surface area contributed by atoms with Crippen LogP contribution >= 0.6 is 0 Å². The van der Waals surface area contributed by atoms with Gasteiger partial charge < -0.3 is 11.1 Å². The highest BCUT2D eigenvalue weighted by Gasteiger charge is 2.13. The third-order valence-corrected chi connectivity index (χ3v) is 2.67. The van der Waals surface area contributed by atoms with Gasteiger partial charge in [0.05, 0.1) is 6.54 Å². The van der Waals surface area contributed by atoms with Crippen LogP contribution in [0.3, 0.4) is 0 Å². The highest BCUT2D eigenvalue weighted by atomic mass is 16.1. The molecule has 0 radical (unpaired) electrons. The predicted octanol–water partition coefficient (Wildman–Crippen LogP) is 1.25. The molecule has 2 atom stereocenters. The fraction of sp³-hybridized carbons (Fsp3) is 0.417. The van der Waals surface area contributed by atoms with Gasteiger partial charge in [-0.25, -0.2) is 0 Å². The van der Waals surface area contributed by atoms with Crippen LogP contribution < -0.4 is 11.1 Å². The van der Waals surface area contributed by atoms with Crippen molar-refractivity contribution in [3.63, 3.8) is 0 Å². The van der Waals surface area contributed by atoms with Crippen LogP contribution in [0, 0.1) is 0 Å². The Morgan fingerprint density at radius 1 is 1.33 bits per heavy atom. The van der Waals surface area contributed by atoms with Crippen LogP contribution in [0.25, 0.3) is 0 Å². The van der Waals surface area contributed by atoms with Gasteiger partial charge in [-0.05, 0) is 18.4 Å². The van der Waals surface area contributed by atoms with E-state index in [1.54, 1.807) is 0 Å². The van der Waals surface area contributed by atoms with E-state index in [-0.39, 0.29) is 18.5 Å². The lowest BCUT2D eigenvalue weighted by atomic mass is 9.94. The summed E-state index contributed by atoms with van der Waals surface area (Å²) in [6, 6.07) is 10.5. The van der Waals surface area contributed by atoms with Gasteiger partial charge in [0.25, 0.3) is 0 Å². The lowest BCUT2D eigenvalue weighted by molar-refractivity contribution is -0.117. The van der Waals surface area contributed by atoms with Gasteiger partial charge >= 0.3 is 0 Å². The summed E-state index contributed by atoms with van der Waals surface area (Å²) in [5.74, 6) is 0.0488. The summed E-state index contributed by atoms with van der Waals surface area (Å²) in [5, 5.41) is 3.11. The van der Waals surface area contributed by atoms with Gasteiger partial charge in [0, 0.05) is 6.04 Å². The van der Waals surface area contributed by atoms with Gasteiger partial charge in [-0.2, -0.15) is 0 Å². The van der Waals surface area contributed by atoms with E-state index in [2.05, 4.69) is 31.3 Å². The molecule has 0 unspecified atom stereocenters. The molecule has 0 aromatic heterocycles. The van der Waals surface area contributed by atoms with Crippen molar-refractivity contribution in [3.8, 4) is 0 Å². The number of nitrogens with two attached hydrogens (primary N) is 1. The molecular weight excluding hydrogens is 188 g/mol. The molecule has 0 spiro atoms. The number of primary amides is 1. The van der Waals surface area contributed by atoms with Crippen LogP contribution in [0.2, 0.25) is 0 Å². The van der Waals surface area contributed by atoms with E-state index in [4.69, 9.17) is 5.73 Å². The summed E-state index contributed by atoms with van der Waals surface area (Å²) < 4.78 is 0. The minimum atomic E-state index is -0.317. The molecule has 1 amide bonds.